The monoisotopic (exact) mass is 350 g/mol. The minimum Gasteiger partial charge on any atom is -0.481 e. The van der Waals surface area contributed by atoms with E-state index in [0.717, 1.165) is 11.1 Å². The highest BCUT2D eigenvalue weighted by Gasteiger charge is 2.14. The van der Waals surface area contributed by atoms with Gasteiger partial charge in [-0.15, -0.1) is 6.42 Å². The number of carbonyl (C=O) groups excluding carboxylic acids is 2. The third kappa shape index (κ3) is 5.99. The first-order valence-corrected chi connectivity index (χ1v) is 8.40. The summed E-state index contributed by atoms with van der Waals surface area (Å²) < 4.78 is 5.65. The normalized spacial score (nSPS) is 11.1. The van der Waals surface area contributed by atoms with Crippen LogP contribution in [0.2, 0.25) is 0 Å². The number of nitrogens with one attached hydrogen (secondary N) is 2. The maximum atomic E-state index is 12.0. The summed E-state index contributed by atoms with van der Waals surface area (Å²) in [6.45, 7) is 2.08. The molecule has 0 heterocycles. The van der Waals surface area contributed by atoms with E-state index < -0.39 is 6.10 Å². The molecular weight excluding hydrogens is 328 g/mol. The molecule has 2 aromatic carbocycles. The minimum atomic E-state index is -0.661. The molecule has 1 atom stereocenters. The number of hydrogen-bond donors (Lipinski definition) is 2. The largest absolute Gasteiger partial charge is 0.481 e. The van der Waals surface area contributed by atoms with Crippen molar-refractivity contribution in [3.63, 3.8) is 0 Å². The Kier molecular flexibility index (Phi) is 7.26. The molecule has 0 radical (unpaired) electrons. The summed E-state index contributed by atoms with van der Waals surface area (Å²) in [6, 6.07) is 17.6. The average Bonchev–Trinajstić information content (AvgIpc) is 2.67. The number of rotatable bonds is 8. The number of hydrogen-bond acceptors (Lipinski definition) is 3. The summed E-state index contributed by atoms with van der Waals surface area (Å²) in [7, 11) is 0. The lowest BCUT2D eigenvalue weighted by molar-refractivity contribution is -0.127. The van der Waals surface area contributed by atoms with E-state index in [-0.39, 0.29) is 31.3 Å². The topological polar surface area (TPSA) is 67.4 Å². The predicted molar refractivity (Wildman–Crippen MR) is 101 cm³/mol. The van der Waals surface area contributed by atoms with Gasteiger partial charge in [0.25, 0.3) is 5.91 Å². The Morgan fingerprint density at radius 1 is 1.04 bits per heavy atom. The van der Waals surface area contributed by atoms with Crippen LogP contribution in [0.5, 0.6) is 5.75 Å². The van der Waals surface area contributed by atoms with E-state index in [0.29, 0.717) is 5.75 Å². The molecule has 0 aromatic heterocycles. The van der Waals surface area contributed by atoms with Gasteiger partial charge in [0, 0.05) is 13.0 Å². The molecule has 2 amide bonds. The Bertz CT molecular complexity index is 764. The molecule has 0 saturated carbocycles. The number of benzene rings is 2. The molecule has 0 aliphatic carbocycles. The van der Waals surface area contributed by atoms with Crippen LogP contribution in [0.3, 0.4) is 0 Å². The smallest absolute Gasteiger partial charge is 0.260 e. The Morgan fingerprint density at radius 3 is 2.35 bits per heavy atom. The Labute approximate surface area is 153 Å². The fourth-order valence-corrected chi connectivity index (χ4v) is 2.30. The summed E-state index contributed by atoms with van der Waals surface area (Å²) in [5.41, 5.74) is 2.20. The second-order valence-electron chi connectivity index (χ2n) is 5.67. The maximum Gasteiger partial charge on any atom is 0.260 e. The van der Waals surface area contributed by atoms with Gasteiger partial charge in [-0.1, -0.05) is 48.4 Å². The van der Waals surface area contributed by atoms with E-state index in [1.807, 2.05) is 54.6 Å². The first-order chi connectivity index (χ1) is 12.6. The van der Waals surface area contributed by atoms with E-state index in [9.17, 15) is 9.59 Å². The molecule has 0 saturated heterocycles. The van der Waals surface area contributed by atoms with Crippen molar-refractivity contribution < 1.29 is 14.3 Å². The molecule has 5 nitrogen and oxygen atoms in total. The van der Waals surface area contributed by atoms with E-state index in [4.69, 9.17) is 11.2 Å². The first-order valence-electron chi connectivity index (χ1n) is 8.40. The summed E-state index contributed by atoms with van der Waals surface area (Å²) in [4.78, 5) is 23.4. The SMILES string of the molecule is C#CCNC(=O)CCNC(=O)C(C)Oc1ccc(-c2ccccc2)cc1. The molecule has 134 valence electrons. The summed E-state index contributed by atoms with van der Waals surface area (Å²) in [6.07, 6.45) is 4.57. The van der Waals surface area contributed by atoms with Crippen molar-refractivity contribution in [2.45, 2.75) is 19.4 Å². The zero-order chi connectivity index (χ0) is 18.8. The third-order valence-corrected chi connectivity index (χ3v) is 3.68. The molecule has 1 unspecified atom stereocenters. The van der Waals surface area contributed by atoms with Gasteiger partial charge < -0.3 is 15.4 Å². The van der Waals surface area contributed by atoms with Crippen molar-refractivity contribution in [3.8, 4) is 29.2 Å². The molecule has 0 aliphatic heterocycles. The standard InChI is InChI=1S/C21H22N2O3/c1-3-14-22-20(24)13-15-23-21(25)16(2)26-19-11-9-18(10-12-19)17-7-5-4-6-8-17/h1,4-12,16H,13-15H2,2H3,(H,22,24)(H,23,25). The van der Waals surface area contributed by atoms with Crippen LogP contribution >= 0.6 is 0 Å². The molecule has 2 rings (SSSR count). The fourth-order valence-electron chi connectivity index (χ4n) is 2.30. The maximum absolute atomic E-state index is 12.0. The summed E-state index contributed by atoms with van der Waals surface area (Å²) >= 11 is 0. The van der Waals surface area contributed by atoms with Gasteiger partial charge in [-0.25, -0.2) is 0 Å². The van der Waals surface area contributed by atoms with Gasteiger partial charge in [-0.3, -0.25) is 9.59 Å². The quantitative estimate of drug-likeness (QED) is 0.718. The zero-order valence-electron chi connectivity index (χ0n) is 14.7. The van der Waals surface area contributed by atoms with Gasteiger partial charge in [0.2, 0.25) is 5.91 Å². The summed E-state index contributed by atoms with van der Waals surface area (Å²) in [5.74, 6) is 2.45. The highest BCUT2D eigenvalue weighted by Crippen LogP contribution is 2.22. The Morgan fingerprint density at radius 2 is 1.69 bits per heavy atom. The predicted octanol–water partition coefficient (Wildman–Crippen LogP) is 2.38. The third-order valence-electron chi connectivity index (χ3n) is 3.68. The number of terminal acetylenes is 1. The van der Waals surface area contributed by atoms with Crippen LogP contribution in [-0.4, -0.2) is 31.0 Å². The molecule has 2 aromatic rings. The Hall–Kier alpha value is -3.26. The van der Waals surface area contributed by atoms with Crippen molar-refractivity contribution >= 4 is 11.8 Å². The second kappa shape index (κ2) is 9.90. The molecule has 0 bridgehead atoms. The molecule has 0 aliphatic rings. The van der Waals surface area contributed by atoms with Crippen LogP contribution in [0.15, 0.2) is 54.6 Å². The van der Waals surface area contributed by atoms with Crippen molar-refractivity contribution in [2.75, 3.05) is 13.1 Å². The van der Waals surface area contributed by atoms with Crippen LogP contribution in [0.25, 0.3) is 11.1 Å². The number of ether oxygens (including phenoxy) is 1. The average molecular weight is 350 g/mol. The minimum absolute atomic E-state index is 0.173. The summed E-state index contributed by atoms with van der Waals surface area (Å²) in [5, 5.41) is 5.21. The van der Waals surface area contributed by atoms with E-state index in [1.54, 1.807) is 6.92 Å². The van der Waals surface area contributed by atoms with Gasteiger partial charge in [-0.05, 0) is 30.2 Å². The van der Waals surface area contributed by atoms with E-state index in [1.165, 1.54) is 0 Å². The lowest BCUT2D eigenvalue weighted by Crippen LogP contribution is -2.38. The molecule has 0 fully saturated rings. The van der Waals surface area contributed by atoms with Crippen molar-refractivity contribution in [1.82, 2.24) is 10.6 Å². The van der Waals surface area contributed by atoms with Crippen LogP contribution in [0, 0.1) is 12.3 Å². The van der Waals surface area contributed by atoms with E-state index >= 15 is 0 Å². The fraction of sp³-hybridized carbons (Fsp3) is 0.238. The highest BCUT2D eigenvalue weighted by atomic mass is 16.5. The molecule has 2 N–H and O–H groups in total. The van der Waals surface area contributed by atoms with Crippen LogP contribution in [-0.2, 0) is 9.59 Å². The van der Waals surface area contributed by atoms with E-state index in [2.05, 4.69) is 16.6 Å². The first kappa shape index (κ1) is 19.1. The van der Waals surface area contributed by atoms with Gasteiger partial charge >= 0.3 is 0 Å². The lowest BCUT2D eigenvalue weighted by atomic mass is 10.1. The van der Waals surface area contributed by atoms with Gasteiger partial charge in [0.15, 0.2) is 6.10 Å². The lowest BCUT2D eigenvalue weighted by Gasteiger charge is -2.15. The van der Waals surface area contributed by atoms with Crippen molar-refractivity contribution in [2.24, 2.45) is 0 Å². The molecule has 5 heteroatoms. The number of amides is 2. The molecule has 0 spiro atoms. The molecule has 26 heavy (non-hydrogen) atoms. The van der Waals surface area contributed by atoms with Gasteiger partial charge in [0.05, 0.1) is 6.54 Å². The van der Waals surface area contributed by atoms with Crippen molar-refractivity contribution in [1.29, 1.82) is 0 Å². The highest BCUT2D eigenvalue weighted by molar-refractivity contribution is 5.82. The van der Waals surface area contributed by atoms with Gasteiger partial charge in [0.1, 0.15) is 5.75 Å². The second-order valence-corrected chi connectivity index (χ2v) is 5.67. The van der Waals surface area contributed by atoms with Crippen LogP contribution < -0.4 is 15.4 Å². The molecular formula is C21H22N2O3. The van der Waals surface area contributed by atoms with Crippen LogP contribution in [0.4, 0.5) is 0 Å². The van der Waals surface area contributed by atoms with Gasteiger partial charge in [-0.2, -0.15) is 0 Å². The van der Waals surface area contributed by atoms with Crippen LogP contribution in [0.1, 0.15) is 13.3 Å². The number of carbonyl (C=O) groups is 2. The zero-order valence-corrected chi connectivity index (χ0v) is 14.7. The van der Waals surface area contributed by atoms with Crippen molar-refractivity contribution in [3.05, 3.63) is 54.6 Å². The Balaban J connectivity index is 1.79.